The second-order valence-corrected chi connectivity index (χ2v) is 3.96. The van der Waals surface area contributed by atoms with E-state index in [1.54, 1.807) is 6.08 Å². The Bertz CT molecular complexity index is 187. The van der Waals surface area contributed by atoms with E-state index >= 15 is 0 Å². The Hall–Kier alpha value is -0.790. The van der Waals surface area contributed by atoms with E-state index in [1.807, 2.05) is 6.08 Å². The Labute approximate surface area is 86.8 Å². The molecule has 0 atom stereocenters. The Morgan fingerprint density at radius 2 is 1.57 bits per heavy atom. The molecule has 2 heteroatoms. The number of amides is 1. The molecule has 2 nitrogen and oxygen atoms in total. The van der Waals surface area contributed by atoms with Gasteiger partial charge in [0.25, 0.3) is 0 Å². The minimum Gasteiger partial charge on any atom is -0.353 e. The van der Waals surface area contributed by atoms with Gasteiger partial charge in [-0.05, 0) is 25.3 Å². The van der Waals surface area contributed by atoms with E-state index in [-0.39, 0.29) is 5.91 Å². The number of nitrogens with one attached hydrogen (secondary N) is 1. The van der Waals surface area contributed by atoms with Crippen LogP contribution in [0.2, 0.25) is 0 Å². The lowest BCUT2D eigenvalue weighted by Gasteiger charge is -2.01. The summed E-state index contributed by atoms with van der Waals surface area (Å²) in [7, 11) is 0. The molecule has 1 amide bonds. The average Bonchev–Trinajstić information content (AvgIpc) is 2.20. The molecule has 0 aromatic carbocycles. The highest BCUT2D eigenvalue weighted by molar-refractivity contribution is 5.87. The first kappa shape index (κ1) is 11.3. The van der Waals surface area contributed by atoms with Crippen LogP contribution in [-0.2, 0) is 4.79 Å². The molecular formula is C12H21NO. The van der Waals surface area contributed by atoms with Crippen LogP contribution in [0.4, 0.5) is 0 Å². The van der Waals surface area contributed by atoms with Crippen molar-refractivity contribution < 1.29 is 4.79 Å². The molecule has 1 rings (SSSR count). The van der Waals surface area contributed by atoms with Gasteiger partial charge in [0, 0.05) is 6.54 Å². The molecule has 0 saturated heterocycles. The molecule has 1 N–H and O–H groups in total. The first-order chi connectivity index (χ1) is 6.89. The maximum absolute atomic E-state index is 11.2. The quantitative estimate of drug-likeness (QED) is 0.632. The molecule has 1 heterocycles. The average molecular weight is 195 g/mol. The molecule has 0 unspecified atom stereocenters. The summed E-state index contributed by atoms with van der Waals surface area (Å²) in [5, 5.41) is 2.90. The Balaban J connectivity index is 2.24. The summed E-state index contributed by atoms with van der Waals surface area (Å²) in [6.45, 7) is 0.836. The smallest absolute Gasteiger partial charge is 0.243 e. The Morgan fingerprint density at radius 1 is 0.929 bits per heavy atom. The zero-order chi connectivity index (χ0) is 10.1. The second kappa shape index (κ2) is 7.60. The lowest BCUT2D eigenvalue weighted by Crippen LogP contribution is -2.21. The predicted octanol–water partition coefficient (Wildman–Crippen LogP) is 2.79. The van der Waals surface area contributed by atoms with Crippen LogP contribution >= 0.6 is 0 Å². The van der Waals surface area contributed by atoms with E-state index in [0.29, 0.717) is 0 Å². The minimum atomic E-state index is 0.0734. The van der Waals surface area contributed by atoms with Gasteiger partial charge in [0.1, 0.15) is 0 Å². The molecular weight excluding hydrogens is 174 g/mol. The van der Waals surface area contributed by atoms with Crippen LogP contribution in [-0.4, -0.2) is 12.5 Å². The third kappa shape index (κ3) is 5.79. The van der Waals surface area contributed by atoms with E-state index in [4.69, 9.17) is 0 Å². The fraction of sp³-hybridized carbons (Fsp3) is 0.750. The summed E-state index contributed by atoms with van der Waals surface area (Å²) in [5.74, 6) is 0.0734. The van der Waals surface area contributed by atoms with Crippen LogP contribution < -0.4 is 5.32 Å². The summed E-state index contributed by atoms with van der Waals surface area (Å²) >= 11 is 0. The topological polar surface area (TPSA) is 29.1 Å². The predicted molar refractivity (Wildman–Crippen MR) is 59.1 cm³/mol. The third-order valence-corrected chi connectivity index (χ3v) is 2.62. The van der Waals surface area contributed by atoms with E-state index in [9.17, 15) is 4.79 Å². The van der Waals surface area contributed by atoms with E-state index < -0.39 is 0 Å². The molecule has 1 aliphatic heterocycles. The molecule has 80 valence electrons. The van der Waals surface area contributed by atoms with Gasteiger partial charge in [-0.3, -0.25) is 4.79 Å². The van der Waals surface area contributed by atoms with Crippen LogP contribution in [0.15, 0.2) is 12.2 Å². The summed E-state index contributed by atoms with van der Waals surface area (Å²) in [5.41, 5.74) is 0. The summed E-state index contributed by atoms with van der Waals surface area (Å²) < 4.78 is 0. The molecule has 0 bridgehead atoms. The highest BCUT2D eigenvalue weighted by atomic mass is 16.1. The molecule has 0 spiro atoms. The standard InChI is InChI=1S/C12H21NO/c14-12-10-8-6-4-2-1-3-5-7-9-11-13-12/h8,10H,1-7,9,11H2,(H,13,14)/b10-8+. The van der Waals surface area contributed by atoms with Gasteiger partial charge in [0.15, 0.2) is 0 Å². The van der Waals surface area contributed by atoms with Crippen molar-refractivity contribution in [2.45, 2.75) is 51.4 Å². The zero-order valence-corrected chi connectivity index (χ0v) is 8.93. The van der Waals surface area contributed by atoms with Crippen LogP contribution in [0.25, 0.3) is 0 Å². The molecule has 0 fully saturated rings. The van der Waals surface area contributed by atoms with Gasteiger partial charge < -0.3 is 5.32 Å². The summed E-state index contributed by atoms with van der Waals surface area (Å²) in [4.78, 5) is 11.2. The van der Waals surface area contributed by atoms with Crippen molar-refractivity contribution in [2.24, 2.45) is 0 Å². The number of allylic oxidation sites excluding steroid dienone is 1. The van der Waals surface area contributed by atoms with Crippen molar-refractivity contribution >= 4 is 5.91 Å². The van der Waals surface area contributed by atoms with Gasteiger partial charge in [-0.15, -0.1) is 0 Å². The third-order valence-electron chi connectivity index (χ3n) is 2.62. The van der Waals surface area contributed by atoms with Crippen LogP contribution in [0, 0.1) is 0 Å². The van der Waals surface area contributed by atoms with Crippen molar-refractivity contribution in [2.75, 3.05) is 6.54 Å². The van der Waals surface area contributed by atoms with Crippen molar-refractivity contribution in [1.29, 1.82) is 0 Å². The van der Waals surface area contributed by atoms with Gasteiger partial charge in [-0.25, -0.2) is 0 Å². The fourth-order valence-electron chi connectivity index (χ4n) is 1.73. The maximum Gasteiger partial charge on any atom is 0.243 e. The first-order valence-electron chi connectivity index (χ1n) is 5.84. The van der Waals surface area contributed by atoms with E-state index in [2.05, 4.69) is 5.32 Å². The second-order valence-electron chi connectivity index (χ2n) is 3.96. The summed E-state index contributed by atoms with van der Waals surface area (Å²) in [6, 6.07) is 0. The van der Waals surface area contributed by atoms with Gasteiger partial charge in [-0.1, -0.05) is 38.2 Å². The number of carbonyl (C=O) groups excluding carboxylic acids is 1. The molecule has 0 radical (unpaired) electrons. The Morgan fingerprint density at radius 3 is 2.36 bits per heavy atom. The van der Waals surface area contributed by atoms with Crippen LogP contribution in [0.1, 0.15) is 51.4 Å². The molecule has 0 aliphatic carbocycles. The lowest BCUT2D eigenvalue weighted by atomic mass is 10.1. The highest BCUT2D eigenvalue weighted by Gasteiger charge is 1.96. The maximum atomic E-state index is 11.2. The van der Waals surface area contributed by atoms with Crippen LogP contribution in [0.5, 0.6) is 0 Å². The molecule has 14 heavy (non-hydrogen) atoms. The van der Waals surface area contributed by atoms with Gasteiger partial charge in [-0.2, -0.15) is 0 Å². The van der Waals surface area contributed by atoms with Crippen molar-refractivity contribution in [3.8, 4) is 0 Å². The molecule has 1 aliphatic rings. The molecule has 0 aromatic heterocycles. The number of rotatable bonds is 0. The first-order valence-corrected chi connectivity index (χ1v) is 5.84. The van der Waals surface area contributed by atoms with E-state index in [0.717, 1.165) is 19.4 Å². The van der Waals surface area contributed by atoms with Crippen molar-refractivity contribution in [3.05, 3.63) is 12.2 Å². The van der Waals surface area contributed by atoms with Crippen LogP contribution in [0.3, 0.4) is 0 Å². The lowest BCUT2D eigenvalue weighted by molar-refractivity contribution is -0.116. The molecule has 0 aromatic rings. The number of hydrogen-bond donors (Lipinski definition) is 1. The largest absolute Gasteiger partial charge is 0.353 e. The number of hydrogen-bond acceptors (Lipinski definition) is 1. The van der Waals surface area contributed by atoms with Crippen molar-refractivity contribution in [3.63, 3.8) is 0 Å². The normalized spacial score (nSPS) is 23.9. The SMILES string of the molecule is O=C1/C=C/CCCCCCCCCN1. The summed E-state index contributed by atoms with van der Waals surface area (Å²) in [6.07, 6.45) is 13.7. The Kier molecular flexibility index (Phi) is 6.13. The monoisotopic (exact) mass is 195 g/mol. The zero-order valence-electron chi connectivity index (χ0n) is 8.93. The van der Waals surface area contributed by atoms with Gasteiger partial charge in [0.2, 0.25) is 5.91 Å². The van der Waals surface area contributed by atoms with Gasteiger partial charge in [0.05, 0.1) is 0 Å². The highest BCUT2D eigenvalue weighted by Crippen LogP contribution is 2.09. The fourth-order valence-corrected chi connectivity index (χ4v) is 1.73. The minimum absolute atomic E-state index is 0.0734. The molecule has 0 saturated carbocycles. The van der Waals surface area contributed by atoms with Gasteiger partial charge >= 0.3 is 0 Å². The number of carbonyl (C=O) groups is 1. The van der Waals surface area contributed by atoms with Crippen molar-refractivity contribution in [1.82, 2.24) is 5.32 Å². The van der Waals surface area contributed by atoms with E-state index in [1.165, 1.54) is 38.5 Å².